The summed E-state index contributed by atoms with van der Waals surface area (Å²) in [7, 11) is 0. The van der Waals surface area contributed by atoms with E-state index >= 15 is 0 Å². The van der Waals surface area contributed by atoms with Gasteiger partial charge in [0.2, 0.25) is 5.91 Å². The zero-order valence-electron chi connectivity index (χ0n) is 15.8. The van der Waals surface area contributed by atoms with Crippen LogP contribution in [0.5, 0.6) is 0 Å². The second-order valence-corrected chi connectivity index (χ2v) is 6.71. The molecule has 1 aromatic rings. The largest absolute Gasteiger partial charge is 0.405 e. The van der Waals surface area contributed by atoms with Crippen molar-refractivity contribution in [1.29, 1.82) is 0 Å². The number of piperazine rings is 1. The second kappa shape index (κ2) is 10.3. The molecule has 1 saturated heterocycles. The van der Waals surface area contributed by atoms with Crippen molar-refractivity contribution in [1.82, 2.24) is 15.5 Å². The summed E-state index contributed by atoms with van der Waals surface area (Å²) in [4.78, 5) is 14.3. The first-order valence-electron chi connectivity index (χ1n) is 9.20. The first-order chi connectivity index (χ1) is 12.3. The molecule has 4 nitrogen and oxygen atoms in total. The maximum Gasteiger partial charge on any atom is 0.405 e. The third kappa shape index (κ3) is 5.59. The highest BCUT2D eigenvalue weighted by Crippen LogP contribution is 2.32. The number of rotatable bonds is 7. The molecule has 1 unspecified atom stereocenters. The fraction of sp³-hybridized carbons (Fsp3) is 0.632. The summed E-state index contributed by atoms with van der Waals surface area (Å²) < 4.78 is 40.6. The molecule has 1 atom stereocenters. The van der Waals surface area contributed by atoms with Crippen molar-refractivity contribution in [2.24, 2.45) is 0 Å². The highest BCUT2D eigenvalue weighted by molar-refractivity contribution is 5.88. The highest BCUT2D eigenvalue weighted by atomic mass is 35.5. The van der Waals surface area contributed by atoms with Gasteiger partial charge in [-0.25, -0.2) is 0 Å². The van der Waals surface area contributed by atoms with Crippen LogP contribution in [0, 0.1) is 0 Å². The molecule has 1 aliphatic heterocycles. The SMILES string of the molecule is CCC(CC)(C(=O)NCC(N1CCNCC1)C(F)(F)F)c1ccccc1.Cl. The maximum atomic E-state index is 13.5. The zero-order chi connectivity index (χ0) is 19.2. The van der Waals surface area contributed by atoms with Crippen molar-refractivity contribution in [3.05, 3.63) is 35.9 Å². The van der Waals surface area contributed by atoms with Gasteiger partial charge >= 0.3 is 6.18 Å². The molecule has 154 valence electrons. The Kier molecular flexibility index (Phi) is 9.05. The minimum Gasteiger partial charge on any atom is -0.353 e. The molecule has 1 amide bonds. The van der Waals surface area contributed by atoms with Crippen LogP contribution in [-0.4, -0.2) is 55.7 Å². The van der Waals surface area contributed by atoms with Crippen LogP contribution in [0.25, 0.3) is 0 Å². The predicted molar refractivity (Wildman–Crippen MR) is 103 cm³/mol. The molecule has 0 saturated carbocycles. The quantitative estimate of drug-likeness (QED) is 0.730. The van der Waals surface area contributed by atoms with Crippen molar-refractivity contribution >= 4 is 18.3 Å². The number of amides is 1. The van der Waals surface area contributed by atoms with Crippen molar-refractivity contribution < 1.29 is 18.0 Å². The molecule has 8 heteroatoms. The highest BCUT2D eigenvalue weighted by Gasteiger charge is 2.45. The Balaban J connectivity index is 0.00000364. The van der Waals surface area contributed by atoms with Gasteiger partial charge in [0.15, 0.2) is 0 Å². The number of benzene rings is 1. The van der Waals surface area contributed by atoms with Gasteiger partial charge in [0.25, 0.3) is 0 Å². The third-order valence-corrected chi connectivity index (χ3v) is 5.39. The molecule has 1 aromatic carbocycles. The molecule has 0 spiro atoms. The van der Waals surface area contributed by atoms with E-state index in [-0.39, 0.29) is 18.3 Å². The van der Waals surface area contributed by atoms with E-state index in [9.17, 15) is 18.0 Å². The molecule has 1 fully saturated rings. The third-order valence-electron chi connectivity index (χ3n) is 5.39. The monoisotopic (exact) mass is 407 g/mol. The Morgan fingerprint density at radius 2 is 1.70 bits per heavy atom. The Morgan fingerprint density at radius 3 is 2.19 bits per heavy atom. The molecular formula is C19H29ClF3N3O. The Hall–Kier alpha value is -1.31. The van der Waals surface area contributed by atoms with Crippen LogP contribution < -0.4 is 10.6 Å². The van der Waals surface area contributed by atoms with Crippen LogP contribution in [-0.2, 0) is 10.2 Å². The normalized spacial score (nSPS) is 17.1. The smallest absolute Gasteiger partial charge is 0.353 e. The van der Waals surface area contributed by atoms with E-state index in [1.807, 2.05) is 44.2 Å². The fourth-order valence-corrected chi connectivity index (χ4v) is 3.67. The lowest BCUT2D eigenvalue weighted by molar-refractivity contribution is -0.184. The number of hydrogen-bond donors (Lipinski definition) is 2. The first kappa shape index (κ1) is 23.7. The molecule has 2 N–H and O–H groups in total. The Morgan fingerprint density at radius 1 is 1.15 bits per heavy atom. The van der Waals surface area contributed by atoms with Gasteiger partial charge < -0.3 is 10.6 Å². The summed E-state index contributed by atoms with van der Waals surface area (Å²) in [5.41, 5.74) is 0.0363. The predicted octanol–water partition coefficient (Wildman–Crippen LogP) is 3.12. The number of nitrogens with zero attached hydrogens (tertiary/aromatic N) is 1. The van der Waals surface area contributed by atoms with Gasteiger partial charge in [0.05, 0.1) is 5.41 Å². The summed E-state index contributed by atoms with van der Waals surface area (Å²) in [6, 6.07) is 7.63. The van der Waals surface area contributed by atoms with E-state index < -0.39 is 24.2 Å². The summed E-state index contributed by atoms with van der Waals surface area (Å²) in [6.45, 7) is 5.08. The van der Waals surface area contributed by atoms with Crippen molar-refractivity contribution in [2.45, 2.75) is 44.3 Å². The molecule has 2 rings (SSSR count). The minimum absolute atomic E-state index is 0. The van der Waals surface area contributed by atoms with Crippen LogP contribution in [0.4, 0.5) is 13.2 Å². The first-order valence-corrected chi connectivity index (χ1v) is 9.20. The van der Waals surface area contributed by atoms with E-state index in [1.165, 1.54) is 4.90 Å². The van der Waals surface area contributed by atoms with Crippen LogP contribution in [0.15, 0.2) is 30.3 Å². The van der Waals surface area contributed by atoms with Gasteiger partial charge in [0.1, 0.15) is 6.04 Å². The van der Waals surface area contributed by atoms with Crippen LogP contribution >= 0.6 is 12.4 Å². The van der Waals surface area contributed by atoms with Crippen LogP contribution in [0.1, 0.15) is 32.3 Å². The molecule has 0 bridgehead atoms. The Bertz CT molecular complexity index is 573. The van der Waals surface area contributed by atoms with E-state index in [2.05, 4.69) is 10.6 Å². The van der Waals surface area contributed by atoms with E-state index in [1.54, 1.807) is 0 Å². The van der Waals surface area contributed by atoms with E-state index in [0.29, 0.717) is 39.0 Å². The van der Waals surface area contributed by atoms with E-state index in [0.717, 1.165) is 5.56 Å². The second-order valence-electron chi connectivity index (χ2n) is 6.71. The lowest BCUT2D eigenvalue weighted by atomic mass is 9.75. The molecule has 1 heterocycles. The van der Waals surface area contributed by atoms with Gasteiger partial charge in [-0.2, -0.15) is 13.2 Å². The number of hydrogen-bond acceptors (Lipinski definition) is 3. The van der Waals surface area contributed by atoms with Gasteiger partial charge in [-0.15, -0.1) is 12.4 Å². The molecule has 0 aliphatic carbocycles. The molecule has 0 aromatic heterocycles. The van der Waals surface area contributed by atoms with Crippen LogP contribution in [0.2, 0.25) is 0 Å². The summed E-state index contributed by atoms with van der Waals surface area (Å²) in [6.07, 6.45) is -3.31. The van der Waals surface area contributed by atoms with Crippen molar-refractivity contribution in [3.8, 4) is 0 Å². The average Bonchev–Trinajstić information content (AvgIpc) is 2.64. The van der Waals surface area contributed by atoms with Crippen LogP contribution in [0.3, 0.4) is 0 Å². The molecule has 27 heavy (non-hydrogen) atoms. The standard InChI is InChI=1S/C19H28F3N3O.ClH/c1-3-18(4-2,15-8-6-5-7-9-15)17(26)24-14-16(19(20,21)22)25-12-10-23-11-13-25;/h5-9,16,23H,3-4,10-14H2,1-2H3,(H,24,26);1H. The topological polar surface area (TPSA) is 44.4 Å². The molecular weight excluding hydrogens is 379 g/mol. The summed E-state index contributed by atoms with van der Waals surface area (Å²) in [5.74, 6) is -0.335. The lowest BCUT2D eigenvalue weighted by Crippen LogP contribution is -2.58. The zero-order valence-corrected chi connectivity index (χ0v) is 16.6. The summed E-state index contributed by atoms with van der Waals surface area (Å²) >= 11 is 0. The van der Waals surface area contributed by atoms with Crippen molar-refractivity contribution in [2.75, 3.05) is 32.7 Å². The van der Waals surface area contributed by atoms with Gasteiger partial charge in [0, 0.05) is 32.7 Å². The Labute approximate surface area is 165 Å². The number of carbonyl (C=O) groups is 1. The fourth-order valence-electron chi connectivity index (χ4n) is 3.67. The lowest BCUT2D eigenvalue weighted by Gasteiger charge is -2.37. The van der Waals surface area contributed by atoms with Crippen molar-refractivity contribution in [3.63, 3.8) is 0 Å². The van der Waals surface area contributed by atoms with Gasteiger partial charge in [-0.1, -0.05) is 44.2 Å². The minimum atomic E-state index is -4.38. The number of alkyl halides is 3. The molecule has 0 radical (unpaired) electrons. The van der Waals surface area contributed by atoms with Gasteiger partial charge in [-0.05, 0) is 18.4 Å². The van der Waals surface area contributed by atoms with E-state index in [4.69, 9.17) is 0 Å². The summed E-state index contributed by atoms with van der Waals surface area (Å²) in [5, 5.41) is 5.66. The maximum absolute atomic E-state index is 13.5. The number of halogens is 4. The van der Waals surface area contributed by atoms with Gasteiger partial charge in [-0.3, -0.25) is 9.69 Å². The molecule has 1 aliphatic rings. The number of nitrogens with one attached hydrogen (secondary N) is 2. The average molecular weight is 408 g/mol. The number of carbonyl (C=O) groups excluding carboxylic acids is 1.